The SMILES string of the molecule is CN(C)S(=O)(=O)N(CC(=O)N(Cc1ccc(Cl)c(Cl)c1)[C@H](Cc1ccccc1)C(=O)NC1CCCCC1)c1ccc(F)cc1. The second kappa shape index (κ2) is 15.2. The topological polar surface area (TPSA) is 90.0 Å². The maximum atomic E-state index is 14.3. The van der Waals surface area contributed by atoms with Crippen LogP contribution in [-0.2, 0) is 32.8 Å². The van der Waals surface area contributed by atoms with Gasteiger partial charge in [-0.1, -0.05) is 78.9 Å². The van der Waals surface area contributed by atoms with Crippen molar-refractivity contribution in [3.05, 3.63) is 99.8 Å². The number of hydrogen-bond acceptors (Lipinski definition) is 4. The van der Waals surface area contributed by atoms with E-state index in [1.54, 1.807) is 18.2 Å². The molecule has 0 saturated heterocycles. The van der Waals surface area contributed by atoms with E-state index in [-0.39, 0.29) is 35.6 Å². The molecular formula is C32H37Cl2FN4O4S. The summed E-state index contributed by atoms with van der Waals surface area (Å²) < 4.78 is 42.6. The molecule has 1 aliphatic rings. The van der Waals surface area contributed by atoms with Crippen molar-refractivity contribution in [1.29, 1.82) is 0 Å². The largest absolute Gasteiger partial charge is 0.352 e. The van der Waals surface area contributed by atoms with Crippen molar-refractivity contribution in [3.8, 4) is 0 Å². The Morgan fingerprint density at radius 2 is 1.57 bits per heavy atom. The van der Waals surface area contributed by atoms with Crippen LogP contribution in [0.2, 0.25) is 10.0 Å². The highest BCUT2D eigenvalue weighted by molar-refractivity contribution is 7.90. The zero-order valence-corrected chi connectivity index (χ0v) is 27.1. The summed E-state index contributed by atoms with van der Waals surface area (Å²) in [6.07, 6.45) is 5.03. The molecule has 0 aliphatic heterocycles. The maximum absolute atomic E-state index is 14.3. The molecule has 4 rings (SSSR count). The molecule has 0 aromatic heterocycles. The minimum atomic E-state index is -4.19. The lowest BCUT2D eigenvalue weighted by molar-refractivity contribution is -0.140. The Balaban J connectivity index is 1.76. The molecule has 0 spiro atoms. The fourth-order valence-electron chi connectivity index (χ4n) is 5.26. The van der Waals surface area contributed by atoms with Crippen molar-refractivity contribution in [2.75, 3.05) is 24.9 Å². The fourth-order valence-corrected chi connectivity index (χ4v) is 6.63. The van der Waals surface area contributed by atoms with Gasteiger partial charge in [-0.15, -0.1) is 0 Å². The highest BCUT2D eigenvalue weighted by Gasteiger charge is 2.35. The Kier molecular flexibility index (Phi) is 11.6. The molecule has 2 amide bonds. The average Bonchev–Trinajstić information content (AvgIpc) is 3.00. The Bertz CT molecular complexity index is 1540. The van der Waals surface area contributed by atoms with Crippen LogP contribution in [0.15, 0.2) is 72.8 Å². The lowest BCUT2D eigenvalue weighted by Gasteiger charge is -2.35. The minimum absolute atomic E-state index is 0.0127. The molecule has 3 aromatic rings. The van der Waals surface area contributed by atoms with Gasteiger partial charge in [0.05, 0.1) is 15.7 Å². The van der Waals surface area contributed by atoms with Gasteiger partial charge < -0.3 is 10.2 Å². The van der Waals surface area contributed by atoms with E-state index >= 15 is 0 Å². The van der Waals surface area contributed by atoms with Gasteiger partial charge in [-0.25, -0.2) is 8.70 Å². The molecule has 12 heteroatoms. The molecule has 1 aliphatic carbocycles. The standard InChI is InChI=1S/C32H37Cl2FN4O4S/c1-37(2)44(42,43)39(27-16-14-25(35)15-17-27)22-31(40)38(21-24-13-18-28(33)29(34)19-24)30(20-23-9-5-3-6-10-23)32(41)36-26-11-7-4-8-12-26/h3,5-6,9-10,13-19,26,30H,4,7-8,11-12,20-22H2,1-2H3,(H,36,41)/t30-/m1/s1. The summed E-state index contributed by atoms with van der Waals surface area (Å²) in [6.45, 7) is -0.667. The first-order valence-electron chi connectivity index (χ1n) is 14.5. The second-order valence-corrected chi connectivity index (χ2v) is 14.0. The molecule has 1 atom stereocenters. The van der Waals surface area contributed by atoms with Crippen molar-refractivity contribution < 1.29 is 22.4 Å². The molecule has 0 heterocycles. The third-order valence-electron chi connectivity index (χ3n) is 7.69. The third kappa shape index (κ3) is 8.72. The van der Waals surface area contributed by atoms with Crippen molar-refractivity contribution >= 4 is 50.9 Å². The minimum Gasteiger partial charge on any atom is -0.352 e. The van der Waals surface area contributed by atoms with E-state index in [0.717, 1.165) is 58.4 Å². The number of halogens is 3. The lowest BCUT2D eigenvalue weighted by atomic mass is 9.94. The number of benzene rings is 3. The molecule has 1 N–H and O–H groups in total. The van der Waals surface area contributed by atoms with Gasteiger partial charge in [0.25, 0.3) is 0 Å². The first kappa shape index (κ1) is 33.7. The number of nitrogens with one attached hydrogen (secondary N) is 1. The normalized spacial score (nSPS) is 14.7. The predicted octanol–water partition coefficient (Wildman–Crippen LogP) is 5.83. The summed E-state index contributed by atoms with van der Waals surface area (Å²) in [4.78, 5) is 29.8. The van der Waals surface area contributed by atoms with E-state index in [1.165, 1.54) is 31.1 Å². The Hall–Kier alpha value is -3.18. The van der Waals surface area contributed by atoms with Crippen molar-refractivity contribution in [1.82, 2.24) is 14.5 Å². The average molecular weight is 664 g/mol. The molecule has 0 unspecified atom stereocenters. The number of rotatable bonds is 12. The number of amides is 2. The van der Waals surface area contributed by atoms with Crippen LogP contribution >= 0.6 is 23.2 Å². The molecule has 236 valence electrons. The van der Waals surface area contributed by atoms with Gasteiger partial charge in [0.15, 0.2) is 0 Å². The van der Waals surface area contributed by atoms with Crippen molar-refractivity contribution in [2.24, 2.45) is 0 Å². The van der Waals surface area contributed by atoms with E-state index in [1.807, 2.05) is 30.3 Å². The van der Waals surface area contributed by atoms with Crippen LogP contribution in [0, 0.1) is 5.82 Å². The molecule has 0 bridgehead atoms. The van der Waals surface area contributed by atoms with Gasteiger partial charge in [0.2, 0.25) is 11.8 Å². The van der Waals surface area contributed by atoms with Crippen LogP contribution in [0.5, 0.6) is 0 Å². The monoisotopic (exact) mass is 662 g/mol. The summed E-state index contributed by atoms with van der Waals surface area (Å²) in [5.41, 5.74) is 1.55. The summed E-state index contributed by atoms with van der Waals surface area (Å²) in [5, 5.41) is 3.78. The molecule has 1 fully saturated rings. The maximum Gasteiger partial charge on any atom is 0.304 e. The Morgan fingerprint density at radius 1 is 0.909 bits per heavy atom. The van der Waals surface area contributed by atoms with Crippen LogP contribution in [0.1, 0.15) is 43.2 Å². The number of carbonyl (C=O) groups is 2. The molecule has 1 saturated carbocycles. The van der Waals surface area contributed by atoms with Gasteiger partial charge in [0.1, 0.15) is 18.4 Å². The smallest absolute Gasteiger partial charge is 0.304 e. The van der Waals surface area contributed by atoms with Gasteiger partial charge in [0, 0.05) is 33.1 Å². The van der Waals surface area contributed by atoms with Gasteiger partial charge >= 0.3 is 10.2 Å². The van der Waals surface area contributed by atoms with E-state index in [9.17, 15) is 22.4 Å². The van der Waals surface area contributed by atoms with Gasteiger partial charge in [-0.2, -0.15) is 12.7 Å². The Labute approximate surface area is 268 Å². The molecular weight excluding hydrogens is 626 g/mol. The van der Waals surface area contributed by atoms with Crippen LogP contribution < -0.4 is 9.62 Å². The first-order valence-corrected chi connectivity index (χ1v) is 16.6. The second-order valence-electron chi connectivity index (χ2n) is 11.1. The van der Waals surface area contributed by atoms with Crippen molar-refractivity contribution in [3.63, 3.8) is 0 Å². The zero-order valence-electron chi connectivity index (χ0n) is 24.8. The highest BCUT2D eigenvalue weighted by atomic mass is 35.5. The van der Waals surface area contributed by atoms with E-state index in [4.69, 9.17) is 23.2 Å². The van der Waals surface area contributed by atoms with Crippen LogP contribution in [0.25, 0.3) is 0 Å². The van der Waals surface area contributed by atoms with E-state index in [0.29, 0.717) is 10.6 Å². The summed E-state index contributed by atoms with van der Waals surface area (Å²) in [7, 11) is -1.49. The fraction of sp³-hybridized carbons (Fsp3) is 0.375. The van der Waals surface area contributed by atoms with Gasteiger partial charge in [-0.3, -0.25) is 9.59 Å². The summed E-state index contributed by atoms with van der Waals surface area (Å²) >= 11 is 12.5. The number of carbonyl (C=O) groups excluding carboxylic acids is 2. The summed E-state index contributed by atoms with van der Waals surface area (Å²) in [5.74, 6) is -1.49. The number of nitrogens with zero attached hydrogens (tertiary/aromatic N) is 3. The van der Waals surface area contributed by atoms with Crippen LogP contribution in [0.3, 0.4) is 0 Å². The lowest BCUT2D eigenvalue weighted by Crippen LogP contribution is -2.55. The Morgan fingerprint density at radius 3 is 2.18 bits per heavy atom. The zero-order chi connectivity index (χ0) is 31.9. The molecule has 3 aromatic carbocycles. The number of anilines is 1. The van der Waals surface area contributed by atoms with Gasteiger partial charge in [-0.05, 0) is 60.4 Å². The third-order valence-corrected chi connectivity index (χ3v) is 10.3. The number of hydrogen-bond donors (Lipinski definition) is 1. The van der Waals surface area contributed by atoms with Crippen LogP contribution in [0.4, 0.5) is 10.1 Å². The van der Waals surface area contributed by atoms with Crippen molar-refractivity contribution in [2.45, 2.75) is 57.2 Å². The first-order chi connectivity index (χ1) is 21.0. The van der Waals surface area contributed by atoms with E-state index < -0.39 is 34.5 Å². The van der Waals surface area contributed by atoms with Crippen LogP contribution in [-0.4, -0.2) is 62.2 Å². The summed E-state index contributed by atoms with van der Waals surface area (Å²) in [6, 6.07) is 18.1. The predicted molar refractivity (Wildman–Crippen MR) is 172 cm³/mol. The van der Waals surface area contributed by atoms with E-state index in [2.05, 4.69) is 5.32 Å². The molecule has 0 radical (unpaired) electrons. The molecule has 8 nitrogen and oxygen atoms in total. The quantitative estimate of drug-likeness (QED) is 0.264. The molecule has 44 heavy (non-hydrogen) atoms. The highest BCUT2D eigenvalue weighted by Crippen LogP contribution is 2.26.